The zero-order valence-corrected chi connectivity index (χ0v) is 25.9. The van der Waals surface area contributed by atoms with Gasteiger partial charge in [-0.1, -0.05) is 32.0 Å². The SMILES string of the molecule is CCC(=O)O[C@H]1[C@H](c2ccc3c(N)ncnn23)O[C@](C)(CO[P@@](=O)(N[C@@H](C)C(=O)OC)Oc2ccccc2)[C@H]1OC(=O)CC. The van der Waals surface area contributed by atoms with Gasteiger partial charge in [-0.3, -0.25) is 18.9 Å². The van der Waals surface area contributed by atoms with Crippen LogP contribution in [0.1, 0.15) is 52.3 Å². The molecule has 2 aromatic heterocycles. The first kappa shape index (κ1) is 32.9. The summed E-state index contributed by atoms with van der Waals surface area (Å²) in [7, 11) is -3.14. The molecule has 0 unspecified atom stereocenters. The molecule has 1 aliphatic rings. The molecule has 6 atom stereocenters. The van der Waals surface area contributed by atoms with Crippen molar-refractivity contribution in [3.05, 3.63) is 54.5 Å². The van der Waals surface area contributed by atoms with Crippen molar-refractivity contribution in [1.82, 2.24) is 19.7 Å². The Labute approximate surface area is 253 Å². The van der Waals surface area contributed by atoms with Crippen molar-refractivity contribution >= 4 is 37.0 Å². The quantitative estimate of drug-likeness (QED) is 0.158. The molecule has 16 heteroatoms. The Morgan fingerprint density at radius 2 is 1.80 bits per heavy atom. The molecule has 1 aromatic carbocycles. The molecular weight excluding hydrogens is 597 g/mol. The molecule has 3 aromatic rings. The number of nitrogens with one attached hydrogen (secondary N) is 1. The summed E-state index contributed by atoms with van der Waals surface area (Å²) < 4.78 is 50.0. The minimum Gasteiger partial charge on any atom is -0.468 e. The number of aromatic nitrogens is 3. The molecule has 3 heterocycles. The van der Waals surface area contributed by atoms with Crippen LogP contribution >= 0.6 is 7.75 Å². The van der Waals surface area contributed by atoms with Crippen LogP contribution in [-0.4, -0.2) is 70.1 Å². The lowest BCUT2D eigenvalue weighted by Crippen LogP contribution is -2.48. The van der Waals surface area contributed by atoms with E-state index in [9.17, 15) is 18.9 Å². The molecule has 0 amide bonds. The van der Waals surface area contributed by atoms with Crippen LogP contribution in [0.2, 0.25) is 0 Å². The van der Waals surface area contributed by atoms with E-state index in [2.05, 4.69) is 15.2 Å². The highest BCUT2D eigenvalue weighted by Gasteiger charge is 2.59. The lowest BCUT2D eigenvalue weighted by molar-refractivity contribution is -0.171. The maximum atomic E-state index is 14.1. The Kier molecular flexibility index (Phi) is 10.3. The molecule has 1 fully saturated rings. The summed E-state index contributed by atoms with van der Waals surface area (Å²) >= 11 is 0. The topological polar surface area (TPSA) is 192 Å². The number of carbonyl (C=O) groups is 3. The second-order valence-electron chi connectivity index (χ2n) is 10.2. The van der Waals surface area contributed by atoms with E-state index in [4.69, 9.17) is 33.7 Å². The van der Waals surface area contributed by atoms with Gasteiger partial charge in [-0.05, 0) is 38.1 Å². The van der Waals surface area contributed by atoms with Crippen LogP contribution in [0.3, 0.4) is 0 Å². The van der Waals surface area contributed by atoms with E-state index < -0.39 is 62.2 Å². The summed E-state index contributed by atoms with van der Waals surface area (Å²) in [4.78, 5) is 41.5. The minimum absolute atomic E-state index is 0.0121. The molecular formula is C28H36N5O10P. The van der Waals surface area contributed by atoms with Gasteiger partial charge < -0.3 is 29.2 Å². The Morgan fingerprint density at radius 3 is 2.45 bits per heavy atom. The van der Waals surface area contributed by atoms with E-state index in [1.165, 1.54) is 24.9 Å². The Hall–Kier alpha value is -4.04. The lowest BCUT2D eigenvalue weighted by atomic mass is 9.96. The molecule has 0 spiro atoms. The van der Waals surface area contributed by atoms with Crippen molar-refractivity contribution in [3.8, 4) is 5.75 Å². The monoisotopic (exact) mass is 633 g/mol. The fourth-order valence-electron chi connectivity index (χ4n) is 4.63. The number of nitrogens with two attached hydrogens (primary N) is 1. The van der Waals surface area contributed by atoms with Crippen LogP contribution in [0.4, 0.5) is 5.82 Å². The largest absolute Gasteiger partial charge is 0.468 e. The van der Waals surface area contributed by atoms with E-state index in [0.29, 0.717) is 11.2 Å². The number of nitrogen functional groups attached to an aromatic ring is 1. The van der Waals surface area contributed by atoms with E-state index in [0.717, 1.165) is 0 Å². The highest BCUT2D eigenvalue weighted by Crippen LogP contribution is 2.50. The van der Waals surface area contributed by atoms with Crippen molar-refractivity contribution in [2.75, 3.05) is 19.5 Å². The number of esters is 3. The number of hydrogen-bond donors (Lipinski definition) is 2. The van der Waals surface area contributed by atoms with Gasteiger partial charge in [0.1, 0.15) is 35.3 Å². The van der Waals surface area contributed by atoms with Crippen molar-refractivity contribution < 1.29 is 46.9 Å². The second-order valence-corrected chi connectivity index (χ2v) is 11.9. The fourth-order valence-corrected chi connectivity index (χ4v) is 6.21. The summed E-state index contributed by atoms with van der Waals surface area (Å²) in [6, 6.07) is 10.4. The zero-order valence-electron chi connectivity index (χ0n) is 25.0. The molecule has 238 valence electrons. The average molecular weight is 634 g/mol. The van der Waals surface area contributed by atoms with Gasteiger partial charge in [0.05, 0.1) is 19.4 Å². The molecule has 0 aliphatic carbocycles. The maximum Gasteiger partial charge on any atom is 0.459 e. The van der Waals surface area contributed by atoms with E-state index in [1.807, 2.05) is 0 Å². The number of benzene rings is 1. The summed E-state index contributed by atoms with van der Waals surface area (Å²) in [5.41, 5.74) is 5.35. The minimum atomic E-state index is -4.33. The molecule has 0 saturated carbocycles. The molecule has 1 saturated heterocycles. The van der Waals surface area contributed by atoms with Crippen LogP contribution in [0.15, 0.2) is 48.8 Å². The lowest BCUT2D eigenvalue weighted by Gasteiger charge is -2.32. The maximum absolute atomic E-state index is 14.1. The molecule has 44 heavy (non-hydrogen) atoms. The second kappa shape index (κ2) is 13.7. The van der Waals surface area contributed by atoms with Crippen LogP contribution < -0.4 is 15.3 Å². The van der Waals surface area contributed by atoms with Gasteiger partial charge in [0.2, 0.25) is 0 Å². The third kappa shape index (κ3) is 7.18. The van der Waals surface area contributed by atoms with E-state index in [1.54, 1.807) is 63.2 Å². The van der Waals surface area contributed by atoms with Crippen LogP contribution in [0.25, 0.3) is 5.52 Å². The highest BCUT2D eigenvalue weighted by atomic mass is 31.2. The molecule has 15 nitrogen and oxygen atoms in total. The fraction of sp³-hybridized carbons (Fsp3) is 0.464. The van der Waals surface area contributed by atoms with Crippen molar-refractivity contribution in [1.29, 1.82) is 0 Å². The smallest absolute Gasteiger partial charge is 0.459 e. The Balaban J connectivity index is 1.73. The van der Waals surface area contributed by atoms with Gasteiger partial charge in [0.25, 0.3) is 0 Å². The van der Waals surface area contributed by atoms with Gasteiger partial charge >= 0.3 is 25.7 Å². The molecule has 1 aliphatic heterocycles. The van der Waals surface area contributed by atoms with Gasteiger partial charge in [0, 0.05) is 12.8 Å². The number of fused-ring (bicyclic) bond motifs is 1. The standard InChI is InChI=1S/C28H36N5O10P/c1-6-21(34)40-24-23(19-13-14-20-26(29)30-16-31-33(19)20)42-28(4,25(24)41-22(35)7-2)15-39-44(37,32-17(3)27(36)38-5)43-18-11-9-8-10-12-18/h8-14,16-17,23-25H,6-7,15H2,1-5H3,(H,32,37)(H2,29,30,31)/t17-,23-,24-,25-,28+,44-/m0/s1. The number of anilines is 1. The normalized spacial score (nSPS) is 23.4. The first-order valence-corrected chi connectivity index (χ1v) is 15.5. The Bertz CT molecular complexity index is 1540. The first-order valence-electron chi connectivity index (χ1n) is 13.9. The molecule has 0 bridgehead atoms. The number of rotatable bonds is 13. The summed E-state index contributed by atoms with van der Waals surface area (Å²) in [6.07, 6.45) is -2.14. The van der Waals surface area contributed by atoms with Crippen molar-refractivity contribution in [3.63, 3.8) is 0 Å². The van der Waals surface area contributed by atoms with Gasteiger partial charge in [-0.15, -0.1) is 0 Å². The van der Waals surface area contributed by atoms with Gasteiger partial charge in [-0.2, -0.15) is 10.2 Å². The van der Waals surface area contributed by atoms with Crippen LogP contribution in [-0.2, 0) is 42.4 Å². The third-order valence-corrected chi connectivity index (χ3v) is 8.52. The highest BCUT2D eigenvalue weighted by molar-refractivity contribution is 7.52. The number of nitrogens with zero attached hydrogens (tertiary/aromatic N) is 3. The summed E-state index contributed by atoms with van der Waals surface area (Å²) in [6.45, 7) is 5.71. The Morgan fingerprint density at radius 1 is 1.11 bits per heavy atom. The van der Waals surface area contributed by atoms with Gasteiger partial charge in [0.15, 0.2) is 18.0 Å². The van der Waals surface area contributed by atoms with Crippen molar-refractivity contribution in [2.45, 2.75) is 70.5 Å². The predicted octanol–water partition coefficient (Wildman–Crippen LogP) is 3.14. The number of carbonyl (C=O) groups excluding carboxylic acids is 3. The predicted molar refractivity (Wildman–Crippen MR) is 155 cm³/mol. The van der Waals surface area contributed by atoms with E-state index >= 15 is 0 Å². The van der Waals surface area contributed by atoms with Crippen LogP contribution in [0, 0.1) is 0 Å². The average Bonchev–Trinajstić information content (AvgIpc) is 3.56. The molecule has 4 rings (SSSR count). The zero-order chi connectivity index (χ0) is 32.1. The number of methoxy groups -OCH3 is 1. The van der Waals surface area contributed by atoms with Crippen LogP contribution in [0.5, 0.6) is 5.75 Å². The number of hydrogen-bond acceptors (Lipinski definition) is 13. The summed E-state index contributed by atoms with van der Waals surface area (Å²) in [5, 5.41) is 6.84. The summed E-state index contributed by atoms with van der Waals surface area (Å²) in [5.74, 6) is -1.49. The van der Waals surface area contributed by atoms with Gasteiger partial charge in [-0.25, -0.2) is 14.1 Å². The third-order valence-electron chi connectivity index (χ3n) is 6.90. The molecule has 3 N–H and O–H groups in total. The first-order chi connectivity index (χ1) is 20.9. The number of para-hydroxylation sites is 1. The number of ether oxygens (including phenoxy) is 4. The molecule has 0 radical (unpaired) electrons. The van der Waals surface area contributed by atoms with E-state index in [-0.39, 0.29) is 24.4 Å². The van der Waals surface area contributed by atoms with Crippen molar-refractivity contribution in [2.24, 2.45) is 0 Å².